The fourth-order valence-electron chi connectivity index (χ4n) is 3.49. The summed E-state index contributed by atoms with van der Waals surface area (Å²) < 4.78 is 5.20. The summed E-state index contributed by atoms with van der Waals surface area (Å²) in [6.07, 6.45) is 22.1. The molecule has 4 nitrogen and oxygen atoms in total. The van der Waals surface area contributed by atoms with Crippen LogP contribution >= 0.6 is 0 Å². The van der Waals surface area contributed by atoms with Gasteiger partial charge in [-0.1, -0.05) is 103 Å². The van der Waals surface area contributed by atoms with Crippen molar-refractivity contribution in [3.05, 3.63) is 0 Å². The third-order valence-corrected chi connectivity index (χ3v) is 5.18. The molecular weight excluding hydrogens is 360 g/mol. The van der Waals surface area contributed by atoms with Crippen LogP contribution in [0.25, 0.3) is 0 Å². The SMILES string of the molecule is CCCCCCCCCCCCCCCCCCNCCNC(=O)OC(C)(C)C. The lowest BCUT2D eigenvalue weighted by Gasteiger charge is -2.19. The van der Waals surface area contributed by atoms with Crippen LogP contribution in [0.3, 0.4) is 0 Å². The quantitative estimate of drug-likeness (QED) is 0.205. The van der Waals surface area contributed by atoms with Crippen molar-refractivity contribution in [3.8, 4) is 0 Å². The molecule has 2 N–H and O–H groups in total. The number of unbranched alkanes of at least 4 members (excludes halogenated alkanes) is 15. The number of hydrogen-bond donors (Lipinski definition) is 2. The smallest absolute Gasteiger partial charge is 0.407 e. The molecule has 0 fully saturated rings. The third kappa shape index (κ3) is 25.2. The van der Waals surface area contributed by atoms with E-state index in [2.05, 4.69) is 17.6 Å². The maximum absolute atomic E-state index is 11.5. The van der Waals surface area contributed by atoms with Crippen molar-refractivity contribution in [2.45, 2.75) is 136 Å². The van der Waals surface area contributed by atoms with Gasteiger partial charge in [-0.2, -0.15) is 0 Å². The topological polar surface area (TPSA) is 50.4 Å². The van der Waals surface area contributed by atoms with E-state index in [4.69, 9.17) is 4.74 Å². The van der Waals surface area contributed by atoms with Crippen LogP contribution in [0, 0.1) is 0 Å². The summed E-state index contributed by atoms with van der Waals surface area (Å²) in [4.78, 5) is 11.5. The van der Waals surface area contributed by atoms with Gasteiger partial charge < -0.3 is 15.4 Å². The Bertz CT molecular complexity index is 353. The van der Waals surface area contributed by atoms with Gasteiger partial charge >= 0.3 is 6.09 Å². The largest absolute Gasteiger partial charge is 0.444 e. The van der Waals surface area contributed by atoms with E-state index >= 15 is 0 Å². The van der Waals surface area contributed by atoms with E-state index < -0.39 is 5.60 Å². The van der Waals surface area contributed by atoms with E-state index in [1.165, 1.54) is 103 Å². The molecule has 0 rings (SSSR count). The fraction of sp³-hybridized carbons (Fsp3) is 0.960. The predicted molar refractivity (Wildman–Crippen MR) is 127 cm³/mol. The van der Waals surface area contributed by atoms with Crippen molar-refractivity contribution in [3.63, 3.8) is 0 Å². The van der Waals surface area contributed by atoms with Gasteiger partial charge in [-0.15, -0.1) is 0 Å². The molecule has 174 valence electrons. The number of ether oxygens (including phenoxy) is 1. The Morgan fingerprint density at radius 2 is 1.03 bits per heavy atom. The molecule has 1 amide bonds. The van der Waals surface area contributed by atoms with Crippen LogP contribution in [-0.4, -0.2) is 31.3 Å². The Balaban J connectivity index is 3.11. The highest BCUT2D eigenvalue weighted by molar-refractivity contribution is 5.67. The highest BCUT2D eigenvalue weighted by atomic mass is 16.6. The molecule has 0 aromatic heterocycles. The van der Waals surface area contributed by atoms with Crippen LogP contribution in [0.4, 0.5) is 4.79 Å². The summed E-state index contributed by atoms with van der Waals surface area (Å²) in [5.74, 6) is 0. The molecule has 0 aliphatic rings. The molecule has 0 aliphatic carbocycles. The molecule has 29 heavy (non-hydrogen) atoms. The summed E-state index contributed by atoms with van der Waals surface area (Å²) in [7, 11) is 0. The van der Waals surface area contributed by atoms with Crippen LogP contribution in [0.5, 0.6) is 0 Å². The summed E-state index contributed by atoms with van der Waals surface area (Å²) in [5, 5.41) is 6.16. The molecule has 0 radical (unpaired) electrons. The molecule has 0 aromatic rings. The average molecular weight is 413 g/mol. The number of nitrogens with one attached hydrogen (secondary N) is 2. The van der Waals surface area contributed by atoms with Gasteiger partial charge in [0.25, 0.3) is 0 Å². The zero-order chi connectivity index (χ0) is 21.6. The Hall–Kier alpha value is -0.770. The summed E-state index contributed by atoms with van der Waals surface area (Å²) in [6.45, 7) is 10.4. The maximum atomic E-state index is 11.5. The molecule has 0 aliphatic heterocycles. The first-order valence-corrected chi connectivity index (χ1v) is 12.6. The molecule has 0 bridgehead atoms. The standard InChI is InChI=1S/C25H52N2O2/c1-5-6-7-8-9-10-11-12-13-14-15-16-17-18-19-20-21-26-22-23-27-24(28)29-25(2,3)4/h26H,5-23H2,1-4H3,(H,27,28). The van der Waals surface area contributed by atoms with E-state index in [-0.39, 0.29) is 6.09 Å². The van der Waals surface area contributed by atoms with Crippen molar-refractivity contribution in [1.29, 1.82) is 0 Å². The van der Waals surface area contributed by atoms with E-state index in [0.717, 1.165) is 13.1 Å². The summed E-state index contributed by atoms with van der Waals surface area (Å²) in [6, 6.07) is 0. The van der Waals surface area contributed by atoms with Crippen molar-refractivity contribution < 1.29 is 9.53 Å². The molecule has 0 saturated heterocycles. The van der Waals surface area contributed by atoms with Gasteiger partial charge in [-0.25, -0.2) is 4.79 Å². The van der Waals surface area contributed by atoms with Crippen LogP contribution < -0.4 is 10.6 Å². The molecule has 0 heterocycles. The molecule has 0 spiro atoms. The van der Waals surface area contributed by atoms with Gasteiger partial charge in [0.1, 0.15) is 5.60 Å². The average Bonchev–Trinajstić information content (AvgIpc) is 2.65. The van der Waals surface area contributed by atoms with E-state index in [0.29, 0.717) is 6.54 Å². The van der Waals surface area contributed by atoms with Gasteiger partial charge in [0.15, 0.2) is 0 Å². The number of carbonyl (C=O) groups excluding carboxylic acids is 1. The fourth-order valence-corrected chi connectivity index (χ4v) is 3.49. The van der Waals surface area contributed by atoms with Crippen molar-refractivity contribution in [1.82, 2.24) is 10.6 Å². The number of alkyl carbamates (subject to hydrolysis) is 1. The lowest BCUT2D eigenvalue weighted by molar-refractivity contribution is 0.0528. The predicted octanol–water partition coefficient (Wildman–Crippen LogP) is 7.36. The second-order valence-corrected chi connectivity index (χ2v) is 9.48. The molecule has 0 unspecified atom stereocenters. The normalized spacial score (nSPS) is 11.6. The van der Waals surface area contributed by atoms with E-state index in [1.807, 2.05) is 20.8 Å². The highest BCUT2D eigenvalue weighted by Gasteiger charge is 2.15. The summed E-state index contributed by atoms with van der Waals surface area (Å²) >= 11 is 0. The molecular formula is C25H52N2O2. The van der Waals surface area contributed by atoms with E-state index in [9.17, 15) is 4.79 Å². The van der Waals surface area contributed by atoms with Gasteiger partial charge in [0, 0.05) is 13.1 Å². The number of rotatable bonds is 20. The van der Waals surface area contributed by atoms with Gasteiger partial charge in [-0.3, -0.25) is 0 Å². The van der Waals surface area contributed by atoms with Crippen molar-refractivity contribution in [2.75, 3.05) is 19.6 Å². The minimum Gasteiger partial charge on any atom is -0.444 e. The summed E-state index contributed by atoms with van der Waals surface area (Å²) in [5.41, 5.74) is -0.426. The Morgan fingerprint density at radius 3 is 1.45 bits per heavy atom. The van der Waals surface area contributed by atoms with Crippen LogP contribution in [-0.2, 0) is 4.74 Å². The Morgan fingerprint density at radius 1 is 0.621 bits per heavy atom. The lowest BCUT2D eigenvalue weighted by Crippen LogP contribution is -2.36. The minimum atomic E-state index is -0.426. The molecule has 0 atom stereocenters. The first-order valence-electron chi connectivity index (χ1n) is 12.6. The van der Waals surface area contributed by atoms with Crippen LogP contribution in [0.15, 0.2) is 0 Å². The van der Waals surface area contributed by atoms with E-state index in [1.54, 1.807) is 0 Å². The zero-order valence-corrected chi connectivity index (χ0v) is 20.3. The second kappa shape index (κ2) is 20.5. The number of amides is 1. The third-order valence-electron chi connectivity index (χ3n) is 5.18. The van der Waals surface area contributed by atoms with Gasteiger partial charge in [0.2, 0.25) is 0 Å². The first kappa shape index (κ1) is 28.2. The Kier molecular flexibility index (Phi) is 20.0. The van der Waals surface area contributed by atoms with Gasteiger partial charge in [0.05, 0.1) is 0 Å². The number of carbonyl (C=O) groups is 1. The monoisotopic (exact) mass is 412 g/mol. The minimum absolute atomic E-state index is 0.332. The van der Waals surface area contributed by atoms with Crippen molar-refractivity contribution >= 4 is 6.09 Å². The second-order valence-electron chi connectivity index (χ2n) is 9.48. The van der Waals surface area contributed by atoms with Gasteiger partial charge in [-0.05, 0) is 33.7 Å². The highest BCUT2D eigenvalue weighted by Crippen LogP contribution is 2.13. The van der Waals surface area contributed by atoms with Crippen LogP contribution in [0.2, 0.25) is 0 Å². The lowest BCUT2D eigenvalue weighted by atomic mass is 10.0. The first-order chi connectivity index (χ1) is 14.0. The molecule has 0 aromatic carbocycles. The van der Waals surface area contributed by atoms with Crippen LogP contribution in [0.1, 0.15) is 130 Å². The Labute approximate surface area is 182 Å². The molecule has 4 heteroatoms. The molecule has 0 saturated carbocycles. The number of hydrogen-bond acceptors (Lipinski definition) is 3. The van der Waals surface area contributed by atoms with Crippen molar-refractivity contribution in [2.24, 2.45) is 0 Å². The zero-order valence-electron chi connectivity index (χ0n) is 20.3. The maximum Gasteiger partial charge on any atom is 0.407 e.